The van der Waals surface area contributed by atoms with Crippen molar-refractivity contribution < 1.29 is 14.3 Å². The highest BCUT2D eigenvalue weighted by Gasteiger charge is 2.47. The SMILES string of the molecule is CC[C@@H](C)N1C[C@@H]2[C@H](NC(=O)COCCOC)c3ccccc3[C@@H]2C1. The molecule has 5 heteroatoms. The van der Waals surface area contributed by atoms with Gasteiger partial charge in [-0.3, -0.25) is 9.69 Å². The molecule has 0 spiro atoms. The highest BCUT2D eigenvalue weighted by Crippen LogP contribution is 2.49. The summed E-state index contributed by atoms with van der Waals surface area (Å²) in [6.45, 7) is 7.71. The van der Waals surface area contributed by atoms with Gasteiger partial charge in [0.1, 0.15) is 6.61 Å². The number of ether oxygens (including phenoxy) is 2. The second kappa shape index (κ2) is 8.30. The van der Waals surface area contributed by atoms with E-state index in [1.807, 2.05) is 0 Å². The zero-order chi connectivity index (χ0) is 17.8. The Bertz CT molecular complexity index is 592. The van der Waals surface area contributed by atoms with Gasteiger partial charge >= 0.3 is 0 Å². The van der Waals surface area contributed by atoms with Gasteiger partial charge in [0, 0.05) is 38.1 Å². The first-order chi connectivity index (χ1) is 12.2. The molecule has 1 saturated heterocycles. The fourth-order valence-electron chi connectivity index (χ4n) is 4.21. The summed E-state index contributed by atoms with van der Waals surface area (Å²) in [6, 6.07) is 9.26. The van der Waals surface area contributed by atoms with E-state index in [0.29, 0.717) is 31.1 Å². The van der Waals surface area contributed by atoms with E-state index in [9.17, 15) is 4.79 Å². The van der Waals surface area contributed by atoms with Crippen LogP contribution in [-0.4, -0.2) is 56.9 Å². The van der Waals surface area contributed by atoms with E-state index < -0.39 is 0 Å². The molecule has 0 unspecified atom stereocenters. The summed E-state index contributed by atoms with van der Waals surface area (Å²) < 4.78 is 10.3. The van der Waals surface area contributed by atoms with Gasteiger partial charge in [0.05, 0.1) is 19.3 Å². The number of rotatable bonds is 8. The van der Waals surface area contributed by atoms with Crippen molar-refractivity contribution in [3.05, 3.63) is 35.4 Å². The van der Waals surface area contributed by atoms with Crippen LogP contribution >= 0.6 is 0 Å². The van der Waals surface area contributed by atoms with Crippen molar-refractivity contribution in [2.75, 3.05) is 40.0 Å². The van der Waals surface area contributed by atoms with Gasteiger partial charge in [0.2, 0.25) is 5.91 Å². The fourth-order valence-corrected chi connectivity index (χ4v) is 4.21. The Hall–Kier alpha value is -1.43. The van der Waals surface area contributed by atoms with E-state index in [2.05, 4.69) is 48.3 Å². The summed E-state index contributed by atoms with van der Waals surface area (Å²) in [4.78, 5) is 14.9. The lowest BCUT2D eigenvalue weighted by atomic mass is 9.94. The minimum atomic E-state index is -0.0430. The number of nitrogens with zero attached hydrogens (tertiary/aromatic N) is 1. The Morgan fingerprint density at radius 2 is 2.04 bits per heavy atom. The van der Waals surface area contributed by atoms with Crippen molar-refractivity contribution in [2.45, 2.75) is 38.3 Å². The van der Waals surface area contributed by atoms with Crippen molar-refractivity contribution in [3.63, 3.8) is 0 Å². The molecule has 0 aromatic heterocycles. The maximum Gasteiger partial charge on any atom is 0.246 e. The number of amides is 1. The van der Waals surface area contributed by atoms with Gasteiger partial charge in [-0.2, -0.15) is 0 Å². The molecule has 1 aromatic carbocycles. The lowest BCUT2D eigenvalue weighted by Gasteiger charge is -2.26. The van der Waals surface area contributed by atoms with E-state index in [1.54, 1.807) is 7.11 Å². The highest BCUT2D eigenvalue weighted by atomic mass is 16.5. The average Bonchev–Trinajstić information content (AvgIpc) is 3.18. The Morgan fingerprint density at radius 3 is 2.76 bits per heavy atom. The van der Waals surface area contributed by atoms with Gasteiger partial charge in [-0.1, -0.05) is 31.2 Å². The third-order valence-corrected chi connectivity index (χ3v) is 5.75. The molecule has 1 aliphatic heterocycles. The number of carbonyl (C=O) groups excluding carboxylic acids is 1. The lowest BCUT2D eigenvalue weighted by molar-refractivity contribution is -0.127. The molecule has 1 heterocycles. The number of methoxy groups -OCH3 is 1. The number of nitrogens with one attached hydrogen (secondary N) is 1. The van der Waals surface area contributed by atoms with E-state index in [0.717, 1.165) is 19.5 Å². The summed E-state index contributed by atoms with van der Waals surface area (Å²) in [5, 5.41) is 3.23. The first-order valence-electron chi connectivity index (χ1n) is 9.34. The van der Waals surface area contributed by atoms with E-state index in [4.69, 9.17) is 9.47 Å². The zero-order valence-electron chi connectivity index (χ0n) is 15.5. The van der Waals surface area contributed by atoms with Crippen LogP contribution in [0.15, 0.2) is 24.3 Å². The van der Waals surface area contributed by atoms with Crippen LogP contribution < -0.4 is 5.32 Å². The van der Waals surface area contributed by atoms with Gasteiger partial charge in [-0.05, 0) is 24.5 Å². The fraction of sp³-hybridized carbons (Fsp3) is 0.650. The minimum absolute atomic E-state index is 0.0430. The van der Waals surface area contributed by atoms with E-state index >= 15 is 0 Å². The van der Waals surface area contributed by atoms with Crippen LogP contribution in [-0.2, 0) is 14.3 Å². The Kier molecular flexibility index (Phi) is 6.10. The van der Waals surface area contributed by atoms with E-state index in [-0.39, 0.29) is 18.6 Å². The summed E-state index contributed by atoms with van der Waals surface area (Å²) in [5.41, 5.74) is 2.69. The van der Waals surface area contributed by atoms with Crippen LogP contribution in [0.2, 0.25) is 0 Å². The number of benzene rings is 1. The van der Waals surface area contributed by atoms with Crippen LogP contribution in [0.4, 0.5) is 0 Å². The molecule has 4 atom stereocenters. The molecule has 1 fully saturated rings. The maximum absolute atomic E-state index is 12.3. The highest BCUT2D eigenvalue weighted by molar-refractivity contribution is 5.78. The van der Waals surface area contributed by atoms with Gasteiger partial charge in [-0.15, -0.1) is 0 Å². The first kappa shape index (κ1) is 18.4. The standard InChI is InChI=1S/C20H30N2O3/c1-4-14(2)22-11-17-15-7-5-6-8-16(15)20(18(17)12-22)21-19(23)13-25-10-9-24-3/h5-8,14,17-18,20H,4,9-13H2,1-3H3,(H,21,23)/t14-,17+,18+,20-/m1/s1. The normalized spacial score (nSPS) is 26.3. The van der Waals surface area contributed by atoms with Crippen molar-refractivity contribution in [2.24, 2.45) is 5.92 Å². The predicted molar refractivity (Wildman–Crippen MR) is 97.6 cm³/mol. The van der Waals surface area contributed by atoms with Crippen LogP contribution in [0.25, 0.3) is 0 Å². The molecule has 25 heavy (non-hydrogen) atoms. The lowest BCUT2D eigenvalue weighted by Crippen LogP contribution is -2.37. The topological polar surface area (TPSA) is 50.8 Å². The monoisotopic (exact) mass is 346 g/mol. The number of hydrogen-bond acceptors (Lipinski definition) is 4. The molecular formula is C20H30N2O3. The minimum Gasteiger partial charge on any atom is -0.382 e. The van der Waals surface area contributed by atoms with Gasteiger partial charge < -0.3 is 14.8 Å². The van der Waals surface area contributed by atoms with Gasteiger partial charge in [0.25, 0.3) is 0 Å². The first-order valence-corrected chi connectivity index (χ1v) is 9.34. The summed E-state index contributed by atoms with van der Waals surface area (Å²) in [5.74, 6) is 0.929. The average molecular weight is 346 g/mol. The van der Waals surface area contributed by atoms with Crippen molar-refractivity contribution in [1.29, 1.82) is 0 Å². The molecule has 0 saturated carbocycles. The van der Waals surface area contributed by atoms with Crippen molar-refractivity contribution in [1.82, 2.24) is 10.2 Å². The number of likely N-dealkylation sites (tertiary alicyclic amines) is 1. The smallest absolute Gasteiger partial charge is 0.246 e. The Balaban J connectivity index is 1.68. The Labute approximate surface area is 150 Å². The number of carbonyl (C=O) groups is 1. The molecular weight excluding hydrogens is 316 g/mol. The van der Waals surface area contributed by atoms with Crippen LogP contribution in [0.1, 0.15) is 43.4 Å². The molecule has 3 rings (SSSR count). The molecule has 0 bridgehead atoms. The molecule has 1 amide bonds. The predicted octanol–water partition coefficient (Wildman–Crippen LogP) is 2.33. The molecule has 1 N–H and O–H groups in total. The van der Waals surface area contributed by atoms with Gasteiger partial charge in [-0.25, -0.2) is 0 Å². The molecule has 2 aliphatic rings. The van der Waals surface area contributed by atoms with E-state index in [1.165, 1.54) is 11.1 Å². The number of fused-ring (bicyclic) bond motifs is 3. The zero-order valence-corrected chi connectivity index (χ0v) is 15.5. The Morgan fingerprint density at radius 1 is 1.28 bits per heavy atom. The van der Waals surface area contributed by atoms with Crippen LogP contribution in [0, 0.1) is 5.92 Å². The largest absolute Gasteiger partial charge is 0.382 e. The van der Waals surface area contributed by atoms with Gasteiger partial charge in [0.15, 0.2) is 0 Å². The molecule has 1 aromatic rings. The molecule has 138 valence electrons. The second-order valence-electron chi connectivity index (χ2n) is 7.20. The maximum atomic E-state index is 12.3. The number of hydrogen-bond donors (Lipinski definition) is 1. The second-order valence-corrected chi connectivity index (χ2v) is 7.20. The van der Waals surface area contributed by atoms with Crippen molar-refractivity contribution >= 4 is 5.91 Å². The third kappa shape index (κ3) is 3.89. The summed E-state index contributed by atoms with van der Waals surface area (Å²) in [7, 11) is 1.63. The molecule has 0 radical (unpaired) electrons. The third-order valence-electron chi connectivity index (χ3n) is 5.75. The van der Waals surface area contributed by atoms with Crippen LogP contribution in [0.5, 0.6) is 0 Å². The van der Waals surface area contributed by atoms with Crippen LogP contribution in [0.3, 0.4) is 0 Å². The molecule has 1 aliphatic carbocycles. The quantitative estimate of drug-likeness (QED) is 0.734. The summed E-state index contributed by atoms with van der Waals surface area (Å²) in [6.07, 6.45) is 1.16. The summed E-state index contributed by atoms with van der Waals surface area (Å²) >= 11 is 0. The molecule has 5 nitrogen and oxygen atoms in total. The van der Waals surface area contributed by atoms with Crippen molar-refractivity contribution in [3.8, 4) is 0 Å².